The maximum absolute atomic E-state index is 11.6. The van der Waals surface area contributed by atoms with Crippen LogP contribution in [0.5, 0.6) is 0 Å². The molecule has 0 bridgehead atoms. The molecule has 12 nitrogen and oxygen atoms in total. The van der Waals surface area contributed by atoms with Crippen molar-refractivity contribution >= 4 is 40.2 Å². The number of hydrogen-bond acceptors (Lipinski definition) is 9. The van der Waals surface area contributed by atoms with E-state index >= 15 is 0 Å². The van der Waals surface area contributed by atoms with Gasteiger partial charge in [0.2, 0.25) is 5.91 Å². The zero-order valence-corrected chi connectivity index (χ0v) is 20.6. The maximum atomic E-state index is 11.6. The molecule has 4 aromatic rings. The van der Waals surface area contributed by atoms with Gasteiger partial charge in [-0.2, -0.15) is 5.10 Å². The van der Waals surface area contributed by atoms with Crippen molar-refractivity contribution in [1.29, 1.82) is 0 Å². The molecule has 3 aromatic heterocycles. The Kier molecular flexibility index (Phi) is 6.71. The topological polar surface area (TPSA) is 171 Å². The molecule has 2 amide bonds. The lowest BCUT2D eigenvalue weighted by atomic mass is 10.1. The molecule has 1 saturated heterocycles. The van der Waals surface area contributed by atoms with E-state index in [0.717, 1.165) is 61.8 Å². The van der Waals surface area contributed by atoms with Crippen molar-refractivity contribution in [3.8, 4) is 0 Å². The molecule has 6 rings (SSSR count). The van der Waals surface area contributed by atoms with Gasteiger partial charge in [-0.05, 0) is 50.3 Å². The van der Waals surface area contributed by atoms with Crippen molar-refractivity contribution in [2.24, 2.45) is 18.5 Å². The molecule has 0 atom stereocenters. The quantitative estimate of drug-likeness (QED) is 0.358. The number of fused-ring (bicyclic) bond motifs is 1. The molecule has 0 unspecified atom stereocenters. The van der Waals surface area contributed by atoms with E-state index in [0.29, 0.717) is 22.8 Å². The van der Waals surface area contributed by atoms with E-state index < -0.39 is 11.8 Å². The molecule has 2 aliphatic rings. The molecule has 1 aliphatic heterocycles. The Balaban J connectivity index is 0.000000162. The fourth-order valence-corrected chi connectivity index (χ4v) is 4.15. The first-order chi connectivity index (χ1) is 17.9. The lowest BCUT2D eigenvalue weighted by Crippen LogP contribution is -2.30. The number of aryl methyl sites for hydroxylation is 1. The minimum Gasteiger partial charge on any atom is -0.440 e. The van der Waals surface area contributed by atoms with Gasteiger partial charge in [-0.3, -0.25) is 14.3 Å². The fraction of sp³-hybridized carbons (Fsp3) is 0.360. The van der Waals surface area contributed by atoms with Gasteiger partial charge in [-0.15, -0.1) is 0 Å². The zero-order chi connectivity index (χ0) is 25.9. The summed E-state index contributed by atoms with van der Waals surface area (Å²) in [6, 6.07) is 5.08. The first kappa shape index (κ1) is 24.2. The van der Waals surface area contributed by atoms with Crippen molar-refractivity contribution in [1.82, 2.24) is 24.7 Å². The number of aromatic nitrogens is 5. The molecule has 0 radical (unpaired) electrons. The summed E-state index contributed by atoms with van der Waals surface area (Å²) < 4.78 is 7.22. The molecular formula is C25H29N9O3. The summed E-state index contributed by atoms with van der Waals surface area (Å²) in [5, 5.41) is 7.15. The van der Waals surface area contributed by atoms with Crippen LogP contribution in [0.2, 0.25) is 0 Å². The van der Waals surface area contributed by atoms with Gasteiger partial charge in [-0.1, -0.05) is 0 Å². The molecule has 1 aromatic carbocycles. The highest BCUT2D eigenvalue weighted by molar-refractivity contribution is 5.96. The monoisotopic (exact) mass is 503 g/mol. The van der Waals surface area contributed by atoms with Gasteiger partial charge in [-0.25, -0.2) is 15.0 Å². The van der Waals surface area contributed by atoms with Crippen LogP contribution in [-0.2, 0) is 7.05 Å². The molecule has 12 heteroatoms. The standard InChI is InChI=1S/C14H19N7O.C11H10N2O2/c1-20-9-10(7-17-20)18-14-12(13(15)22)16-8-11(19-14)21-5-3-2-4-6-21;12-10(14)7-3-4-9-8(5-7)13-11(15-9)6-1-2-6/h7-9H,2-6H2,1H3,(H2,15,22)(H,18,19);3-6H,1-2H2,(H2,12,14). The van der Waals surface area contributed by atoms with Crippen molar-refractivity contribution in [3.05, 3.63) is 53.9 Å². The summed E-state index contributed by atoms with van der Waals surface area (Å²) in [6.07, 6.45) is 10.9. The zero-order valence-electron chi connectivity index (χ0n) is 20.6. The normalized spacial score (nSPS) is 15.2. The number of hydrogen-bond donors (Lipinski definition) is 3. The number of nitrogens with two attached hydrogens (primary N) is 2. The predicted molar refractivity (Wildman–Crippen MR) is 138 cm³/mol. The Morgan fingerprint density at radius 2 is 1.84 bits per heavy atom. The Labute approximate surface area is 213 Å². The Hall–Kier alpha value is -4.48. The number of amides is 2. The highest BCUT2D eigenvalue weighted by Crippen LogP contribution is 2.40. The van der Waals surface area contributed by atoms with Crippen LogP contribution < -0.4 is 21.7 Å². The molecule has 1 saturated carbocycles. The van der Waals surface area contributed by atoms with Gasteiger partial charge >= 0.3 is 0 Å². The first-order valence-corrected chi connectivity index (χ1v) is 12.2. The van der Waals surface area contributed by atoms with E-state index in [2.05, 4.69) is 30.3 Å². The van der Waals surface area contributed by atoms with Crippen LogP contribution in [0, 0.1) is 0 Å². The van der Waals surface area contributed by atoms with Crippen LogP contribution in [0.15, 0.2) is 41.2 Å². The van der Waals surface area contributed by atoms with E-state index in [4.69, 9.17) is 15.9 Å². The largest absolute Gasteiger partial charge is 0.440 e. The molecule has 5 N–H and O–H groups in total. The number of nitrogens with zero attached hydrogens (tertiary/aromatic N) is 6. The van der Waals surface area contributed by atoms with Gasteiger partial charge in [0.15, 0.2) is 23.0 Å². The highest BCUT2D eigenvalue weighted by atomic mass is 16.3. The van der Waals surface area contributed by atoms with Crippen LogP contribution in [-0.4, -0.2) is 49.6 Å². The number of benzene rings is 1. The van der Waals surface area contributed by atoms with Gasteiger partial charge in [0.25, 0.3) is 5.91 Å². The second kappa shape index (κ2) is 10.2. The van der Waals surface area contributed by atoms with Crippen molar-refractivity contribution < 1.29 is 14.0 Å². The molecule has 0 spiro atoms. The molecule has 37 heavy (non-hydrogen) atoms. The third-order valence-electron chi connectivity index (χ3n) is 6.26. The number of nitrogens with one attached hydrogen (secondary N) is 1. The second-order valence-corrected chi connectivity index (χ2v) is 9.24. The summed E-state index contributed by atoms with van der Waals surface area (Å²) in [5.41, 5.74) is 13.3. The summed E-state index contributed by atoms with van der Waals surface area (Å²) in [5.74, 6) is 1.35. The van der Waals surface area contributed by atoms with E-state index in [1.165, 1.54) is 6.42 Å². The SMILES string of the molecule is Cn1cc(Nc2nc(N3CCCCC3)cnc2C(N)=O)cn1.NC(=O)c1ccc2oc(C3CC3)nc2c1. The molecule has 192 valence electrons. The second-order valence-electron chi connectivity index (χ2n) is 9.24. The summed E-state index contributed by atoms with van der Waals surface area (Å²) in [6.45, 7) is 1.91. The van der Waals surface area contributed by atoms with Crippen LogP contribution in [0.3, 0.4) is 0 Å². The van der Waals surface area contributed by atoms with Crippen molar-refractivity contribution in [2.75, 3.05) is 23.3 Å². The van der Waals surface area contributed by atoms with Crippen LogP contribution in [0.4, 0.5) is 17.3 Å². The fourth-order valence-electron chi connectivity index (χ4n) is 4.15. The minimum atomic E-state index is -0.607. The van der Waals surface area contributed by atoms with Gasteiger partial charge in [0.05, 0.1) is 18.1 Å². The van der Waals surface area contributed by atoms with E-state index in [1.54, 1.807) is 41.5 Å². The van der Waals surface area contributed by atoms with E-state index in [9.17, 15) is 9.59 Å². The summed E-state index contributed by atoms with van der Waals surface area (Å²) >= 11 is 0. The Bertz CT molecular complexity index is 1430. The Morgan fingerprint density at radius 3 is 2.49 bits per heavy atom. The van der Waals surface area contributed by atoms with Crippen molar-refractivity contribution in [3.63, 3.8) is 0 Å². The van der Waals surface area contributed by atoms with Crippen LogP contribution >= 0.6 is 0 Å². The number of rotatable bonds is 6. The number of piperidine rings is 1. The first-order valence-electron chi connectivity index (χ1n) is 12.2. The molecule has 2 fully saturated rings. The van der Waals surface area contributed by atoms with E-state index in [1.807, 2.05) is 7.05 Å². The van der Waals surface area contributed by atoms with Gasteiger partial charge in [0, 0.05) is 37.8 Å². The molecular weight excluding hydrogens is 474 g/mol. The van der Waals surface area contributed by atoms with E-state index in [-0.39, 0.29) is 5.69 Å². The number of carbonyl (C=O) groups is 2. The maximum Gasteiger partial charge on any atom is 0.271 e. The third kappa shape index (κ3) is 5.68. The number of primary amides is 2. The predicted octanol–water partition coefficient (Wildman–Crippen LogP) is 2.85. The minimum absolute atomic E-state index is 0.129. The Morgan fingerprint density at radius 1 is 1.05 bits per heavy atom. The number of oxazole rings is 1. The smallest absolute Gasteiger partial charge is 0.271 e. The van der Waals surface area contributed by atoms with Gasteiger partial charge in [0.1, 0.15) is 11.3 Å². The lowest BCUT2D eigenvalue weighted by molar-refractivity contribution is 0.0989. The lowest BCUT2D eigenvalue weighted by Gasteiger charge is -2.27. The summed E-state index contributed by atoms with van der Waals surface area (Å²) in [7, 11) is 1.82. The molecule has 1 aliphatic carbocycles. The average molecular weight is 504 g/mol. The highest BCUT2D eigenvalue weighted by Gasteiger charge is 2.29. The third-order valence-corrected chi connectivity index (χ3v) is 6.26. The van der Waals surface area contributed by atoms with Crippen molar-refractivity contribution in [2.45, 2.75) is 38.0 Å². The number of carbonyl (C=O) groups excluding carboxylic acids is 2. The van der Waals surface area contributed by atoms with Crippen LogP contribution in [0.25, 0.3) is 11.1 Å². The average Bonchev–Trinajstić information content (AvgIpc) is 3.53. The number of anilines is 3. The summed E-state index contributed by atoms with van der Waals surface area (Å²) in [4.78, 5) is 37.8. The molecule has 4 heterocycles. The van der Waals surface area contributed by atoms with Gasteiger partial charge < -0.3 is 26.1 Å². The van der Waals surface area contributed by atoms with Crippen LogP contribution in [0.1, 0.15) is 64.8 Å².